The van der Waals surface area contributed by atoms with Gasteiger partial charge in [-0.3, -0.25) is 0 Å². The number of allylic oxidation sites excluding steroid dienone is 1. The Morgan fingerprint density at radius 1 is 1.33 bits per heavy atom. The lowest BCUT2D eigenvalue weighted by Crippen LogP contribution is -2.43. The van der Waals surface area contributed by atoms with Crippen LogP contribution in [-0.4, -0.2) is 41.1 Å². The Kier molecular flexibility index (Phi) is 5.52. The zero-order chi connectivity index (χ0) is 18.6. The minimum atomic E-state index is 0.659. The van der Waals surface area contributed by atoms with Crippen molar-refractivity contribution in [3.8, 4) is 10.6 Å². The fourth-order valence-electron chi connectivity index (χ4n) is 3.02. The van der Waals surface area contributed by atoms with Gasteiger partial charge in [-0.15, -0.1) is 11.3 Å². The lowest BCUT2D eigenvalue weighted by atomic mass is 10.2. The number of nitrogens with one attached hydrogen (secondary N) is 1. The van der Waals surface area contributed by atoms with E-state index in [1.807, 2.05) is 30.7 Å². The van der Waals surface area contributed by atoms with E-state index in [4.69, 9.17) is 9.97 Å². The Hall–Kier alpha value is -2.22. The number of aromatic nitrogens is 3. The Morgan fingerprint density at radius 2 is 2.19 bits per heavy atom. The molecule has 138 valence electrons. The summed E-state index contributed by atoms with van der Waals surface area (Å²) in [5.41, 5.74) is 4.26. The van der Waals surface area contributed by atoms with Gasteiger partial charge in [-0.25, -0.2) is 15.0 Å². The third-order valence-corrected chi connectivity index (χ3v) is 6.12. The highest BCUT2D eigenvalue weighted by atomic mass is 32.2. The lowest BCUT2D eigenvalue weighted by Gasteiger charge is -2.29. The van der Waals surface area contributed by atoms with E-state index in [1.54, 1.807) is 23.1 Å². The SMILES string of the molecule is C=C(S/C=C\C)c1nc2ncc(N3CCNCC3)cc2nc1-c1cccs1. The third kappa shape index (κ3) is 3.90. The first-order chi connectivity index (χ1) is 13.3. The Balaban J connectivity index is 1.80. The Labute approximate surface area is 167 Å². The molecule has 4 rings (SSSR count). The van der Waals surface area contributed by atoms with Gasteiger partial charge in [0.2, 0.25) is 0 Å². The molecule has 1 fully saturated rings. The molecule has 4 heterocycles. The van der Waals surface area contributed by atoms with Crippen LogP contribution < -0.4 is 10.2 Å². The molecule has 0 aromatic carbocycles. The number of pyridine rings is 1. The molecule has 0 aliphatic carbocycles. The minimum Gasteiger partial charge on any atom is -0.368 e. The van der Waals surface area contributed by atoms with E-state index >= 15 is 0 Å². The summed E-state index contributed by atoms with van der Waals surface area (Å²) in [5.74, 6) is 0. The van der Waals surface area contributed by atoms with E-state index in [0.29, 0.717) is 5.65 Å². The fourth-order valence-corrected chi connectivity index (χ4v) is 4.29. The summed E-state index contributed by atoms with van der Waals surface area (Å²) in [6.07, 6.45) is 3.89. The van der Waals surface area contributed by atoms with Gasteiger partial charge in [0.15, 0.2) is 5.65 Å². The Bertz CT molecular complexity index is 975. The van der Waals surface area contributed by atoms with Gasteiger partial charge in [0.1, 0.15) is 16.9 Å². The molecule has 0 radical (unpaired) electrons. The second kappa shape index (κ2) is 8.21. The van der Waals surface area contributed by atoms with E-state index in [-0.39, 0.29) is 0 Å². The molecular formula is C20H21N5S2. The number of fused-ring (bicyclic) bond motifs is 1. The summed E-state index contributed by atoms with van der Waals surface area (Å²) < 4.78 is 0. The van der Waals surface area contributed by atoms with Crippen molar-refractivity contribution in [1.29, 1.82) is 0 Å². The predicted molar refractivity (Wildman–Crippen MR) is 117 cm³/mol. The van der Waals surface area contributed by atoms with Gasteiger partial charge in [-0.05, 0) is 29.8 Å². The molecule has 0 unspecified atom stereocenters. The van der Waals surface area contributed by atoms with Crippen molar-refractivity contribution in [1.82, 2.24) is 20.3 Å². The maximum absolute atomic E-state index is 4.95. The van der Waals surface area contributed by atoms with E-state index in [0.717, 1.165) is 58.6 Å². The first-order valence-corrected chi connectivity index (χ1v) is 10.7. The quantitative estimate of drug-likeness (QED) is 0.691. The highest BCUT2D eigenvalue weighted by molar-refractivity contribution is 8.10. The molecule has 0 bridgehead atoms. The Morgan fingerprint density at radius 3 is 2.93 bits per heavy atom. The molecule has 5 nitrogen and oxygen atoms in total. The number of hydrogen-bond acceptors (Lipinski definition) is 7. The molecule has 3 aromatic heterocycles. The maximum atomic E-state index is 4.95. The monoisotopic (exact) mass is 395 g/mol. The van der Waals surface area contributed by atoms with E-state index in [1.165, 1.54) is 0 Å². The molecule has 1 aliphatic heterocycles. The molecule has 1 saturated heterocycles. The summed E-state index contributed by atoms with van der Waals surface area (Å²) in [4.78, 5) is 18.7. The first kappa shape index (κ1) is 18.2. The average molecular weight is 396 g/mol. The minimum absolute atomic E-state index is 0.659. The van der Waals surface area contributed by atoms with Crippen LogP contribution in [0.5, 0.6) is 0 Å². The van der Waals surface area contributed by atoms with Crippen molar-refractivity contribution in [2.24, 2.45) is 0 Å². The molecule has 0 spiro atoms. The largest absolute Gasteiger partial charge is 0.368 e. The van der Waals surface area contributed by atoms with E-state index in [9.17, 15) is 0 Å². The van der Waals surface area contributed by atoms with Crippen LogP contribution in [0.15, 0.2) is 47.8 Å². The zero-order valence-corrected chi connectivity index (χ0v) is 16.8. The number of rotatable bonds is 5. The normalized spacial score (nSPS) is 14.9. The average Bonchev–Trinajstić information content (AvgIpc) is 3.26. The molecule has 0 atom stereocenters. The van der Waals surface area contributed by atoms with Crippen LogP contribution in [0.3, 0.4) is 0 Å². The second-order valence-electron chi connectivity index (χ2n) is 6.18. The summed E-state index contributed by atoms with van der Waals surface area (Å²) in [6.45, 7) is 10.1. The molecule has 1 aliphatic rings. The van der Waals surface area contributed by atoms with Crippen molar-refractivity contribution in [2.45, 2.75) is 6.92 Å². The van der Waals surface area contributed by atoms with E-state index in [2.05, 4.69) is 39.3 Å². The van der Waals surface area contributed by atoms with Crippen LogP contribution in [0, 0.1) is 0 Å². The van der Waals surface area contributed by atoms with Gasteiger partial charge < -0.3 is 10.2 Å². The molecule has 0 amide bonds. The van der Waals surface area contributed by atoms with Crippen LogP contribution in [0.25, 0.3) is 26.6 Å². The summed E-state index contributed by atoms with van der Waals surface area (Å²) in [5, 5.41) is 7.44. The topological polar surface area (TPSA) is 53.9 Å². The molecule has 7 heteroatoms. The van der Waals surface area contributed by atoms with Crippen molar-refractivity contribution in [3.63, 3.8) is 0 Å². The first-order valence-electron chi connectivity index (χ1n) is 8.90. The molecular weight excluding hydrogens is 374 g/mol. The molecule has 0 saturated carbocycles. The van der Waals surface area contributed by atoms with E-state index < -0.39 is 0 Å². The van der Waals surface area contributed by atoms with Crippen molar-refractivity contribution in [2.75, 3.05) is 31.1 Å². The van der Waals surface area contributed by atoms with Gasteiger partial charge in [0.25, 0.3) is 0 Å². The zero-order valence-electron chi connectivity index (χ0n) is 15.2. The molecule has 1 N–H and O–H groups in total. The van der Waals surface area contributed by atoms with Crippen molar-refractivity contribution >= 4 is 44.9 Å². The smallest absolute Gasteiger partial charge is 0.178 e. The van der Waals surface area contributed by atoms with Gasteiger partial charge in [-0.2, -0.15) is 0 Å². The van der Waals surface area contributed by atoms with Crippen LogP contribution in [0.1, 0.15) is 12.6 Å². The van der Waals surface area contributed by atoms with Gasteiger partial charge in [0.05, 0.1) is 16.8 Å². The summed E-state index contributed by atoms with van der Waals surface area (Å²) in [6, 6.07) is 6.21. The number of thiophene rings is 1. The fraction of sp³-hybridized carbons (Fsp3) is 0.250. The maximum Gasteiger partial charge on any atom is 0.178 e. The number of nitrogens with zero attached hydrogens (tertiary/aromatic N) is 4. The summed E-state index contributed by atoms with van der Waals surface area (Å²) >= 11 is 3.22. The van der Waals surface area contributed by atoms with Crippen LogP contribution >= 0.6 is 23.1 Å². The number of hydrogen-bond donors (Lipinski definition) is 1. The number of thioether (sulfide) groups is 1. The van der Waals surface area contributed by atoms with Crippen LogP contribution in [0.4, 0.5) is 5.69 Å². The number of piperazine rings is 1. The van der Waals surface area contributed by atoms with Crippen LogP contribution in [-0.2, 0) is 0 Å². The van der Waals surface area contributed by atoms with Crippen LogP contribution in [0.2, 0.25) is 0 Å². The van der Waals surface area contributed by atoms with Crippen molar-refractivity contribution < 1.29 is 0 Å². The third-order valence-electron chi connectivity index (χ3n) is 4.35. The predicted octanol–water partition coefficient (Wildman–Crippen LogP) is 4.40. The van der Waals surface area contributed by atoms with Gasteiger partial charge >= 0.3 is 0 Å². The lowest BCUT2D eigenvalue weighted by molar-refractivity contribution is 0.589. The van der Waals surface area contributed by atoms with Gasteiger partial charge in [-0.1, -0.05) is 30.5 Å². The summed E-state index contributed by atoms with van der Waals surface area (Å²) in [7, 11) is 0. The second-order valence-corrected chi connectivity index (χ2v) is 8.13. The standard InChI is InChI=1S/C20H21N5S2/c1-3-10-26-14(2)18-19(17-5-4-11-27-17)23-16-12-15(13-22-20(16)24-18)25-8-6-21-7-9-25/h3-5,10-13,21H,2,6-9H2,1H3/b10-3-. The van der Waals surface area contributed by atoms with Crippen molar-refractivity contribution in [3.05, 3.63) is 53.5 Å². The van der Waals surface area contributed by atoms with Gasteiger partial charge in [0, 0.05) is 31.1 Å². The highest BCUT2D eigenvalue weighted by Crippen LogP contribution is 2.35. The molecule has 27 heavy (non-hydrogen) atoms. The highest BCUT2D eigenvalue weighted by Gasteiger charge is 2.17. The number of anilines is 1. The molecule has 3 aromatic rings.